The fraction of sp³-hybridized carbons (Fsp3) is 0.214. The van der Waals surface area contributed by atoms with Gasteiger partial charge >= 0.3 is 0 Å². The van der Waals surface area contributed by atoms with Crippen LogP contribution in [0.3, 0.4) is 0 Å². The van der Waals surface area contributed by atoms with E-state index in [1.54, 1.807) is 25.1 Å². The van der Waals surface area contributed by atoms with Crippen molar-refractivity contribution in [2.45, 2.75) is 5.03 Å². The predicted octanol–water partition coefficient (Wildman–Crippen LogP) is 2.84. The molecule has 0 radical (unpaired) electrons. The van der Waals surface area contributed by atoms with Gasteiger partial charge in [-0.05, 0) is 24.3 Å². The monoisotopic (exact) mass is 276 g/mol. The maximum absolute atomic E-state index is 5.82. The van der Waals surface area contributed by atoms with E-state index in [2.05, 4.69) is 4.98 Å². The molecule has 100 valence electrons. The van der Waals surface area contributed by atoms with Crippen molar-refractivity contribution in [1.29, 1.82) is 0 Å². The third-order valence-electron chi connectivity index (χ3n) is 2.45. The summed E-state index contributed by atoms with van der Waals surface area (Å²) in [4.78, 5) is 4.21. The summed E-state index contributed by atoms with van der Waals surface area (Å²) >= 11 is 1.58. The SMILES string of the molecule is COc1ccccc1OCCSc1ncccc1N. The summed E-state index contributed by atoms with van der Waals surface area (Å²) < 4.78 is 10.9. The third-order valence-corrected chi connectivity index (χ3v) is 3.43. The summed E-state index contributed by atoms with van der Waals surface area (Å²) in [5.41, 5.74) is 6.51. The quantitative estimate of drug-likeness (QED) is 0.649. The van der Waals surface area contributed by atoms with Crippen LogP contribution < -0.4 is 15.2 Å². The maximum atomic E-state index is 5.82. The first-order valence-electron chi connectivity index (χ1n) is 5.90. The van der Waals surface area contributed by atoms with Crippen LogP contribution in [0, 0.1) is 0 Å². The normalized spacial score (nSPS) is 10.2. The van der Waals surface area contributed by atoms with Gasteiger partial charge in [0, 0.05) is 11.9 Å². The Balaban J connectivity index is 1.83. The average Bonchev–Trinajstić information content (AvgIpc) is 2.45. The summed E-state index contributed by atoms with van der Waals surface area (Å²) in [5, 5.41) is 0.839. The second-order valence-electron chi connectivity index (χ2n) is 3.75. The van der Waals surface area contributed by atoms with Crippen LogP contribution in [0.15, 0.2) is 47.6 Å². The Morgan fingerprint density at radius 1 is 1.16 bits per heavy atom. The van der Waals surface area contributed by atoms with E-state index in [1.165, 1.54) is 0 Å². The van der Waals surface area contributed by atoms with Gasteiger partial charge < -0.3 is 15.2 Å². The largest absolute Gasteiger partial charge is 0.493 e. The smallest absolute Gasteiger partial charge is 0.161 e. The van der Waals surface area contributed by atoms with Gasteiger partial charge in [0.1, 0.15) is 5.03 Å². The number of anilines is 1. The number of para-hydroxylation sites is 2. The van der Waals surface area contributed by atoms with Crippen LogP contribution in [0.4, 0.5) is 5.69 Å². The molecule has 0 aliphatic carbocycles. The van der Waals surface area contributed by atoms with Crippen molar-refractivity contribution in [3.63, 3.8) is 0 Å². The van der Waals surface area contributed by atoms with Crippen LogP contribution in [-0.2, 0) is 0 Å². The van der Waals surface area contributed by atoms with Gasteiger partial charge in [0.15, 0.2) is 11.5 Å². The molecular formula is C14H16N2O2S. The van der Waals surface area contributed by atoms with E-state index in [1.807, 2.05) is 36.4 Å². The number of methoxy groups -OCH3 is 1. The minimum atomic E-state index is 0.570. The molecular weight excluding hydrogens is 260 g/mol. The molecule has 0 saturated heterocycles. The molecule has 1 heterocycles. The second kappa shape index (κ2) is 6.89. The van der Waals surface area contributed by atoms with Crippen LogP contribution in [0.5, 0.6) is 11.5 Å². The fourth-order valence-electron chi connectivity index (χ4n) is 1.55. The molecule has 0 bridgehead atoms. The van der Waals surface area contributed by atoms with Crippen molar-refractivity contribution in [2.75, 3.05) is 25.2 Å². The van der Waals surface area contributed by atoms with Crippen molar-refractivity contribution in [3.8, 4) is 11.5 Å². The molecule has 19 heavy (non-hydrogen) atoms. The van der Waals surface area contributed by atoms with Gasteiger partial charge in [-0.1, -0.05) is 12.1 Å². The molecule has 4 nitrogen and oxygen atoms in total. The minimum Gasteiger partial charge on any atom is -0.493 e. The Kier molecular flexibility index (Phi) is 4.92. The molecule has 0 fully saturated rings. The number of ether oxygens (including phenoxy) is 2. The second-order valence-corrected chi connectivity index (χ2v) is 4.83. The molecule has 0 aliphatic rings. The molecule has 2 aromatic rings. The first-order chi connectivity index (χ1) is 9.31. The van der Waals surface area contributed by atoms with E-state index >= 15 is 0 Å². The number of rotatable bonds is 6. The van der Waals surface area contributed by atoms with Crippen LogP contribution in [0.2, 0.25) is 0 Å². The van der Waals surface area contributed by atoms with Crippen molar-refractivity contribution in [2.24, 2.45) is 0 Å². The van der Waals surface area contributed by atoms with Gasteiger partial charge in [-0.25, -0.2) is 4.98 Å². The summed E-state index contributed by atoms with van der Waals surface area (Å²) in [5.74, 6) is 2.27. The summed E-state index contributed by atoms with van der Waals surface area (Å²) in [7, 11) is 1.63. The molecule has 5 heteroatoms. The number of hydrogen-bond donors (Lipinski definition) is 1. The Morgan fingerprint density at radius 2 is 1.95 bits per heavy atom. The molecule has 2 rings (SSSR count). The minimum absolute atomic E-state index is 0.570. The topological polar surface area (TPSA) is 57.4 Å². The number of nitrogens with two attached hydrogens (primary N) is 1. The van der Waals surface area contributed by atoms with Gasteiger partial charge in [-0.3, -0.25) is 0 Å². The molecule has 0 spiro atoms. The first-order valence-corrected chi connectivity index (χ1v) is 6.89. The lowest BCUT2D eigenvalue weighted by atomic mass is 10.3. The summed E-state index contributed by atoms with van der Waals surface area (Å²) in [6, 6.07) is 11.3. The Hall–Kier alpha value is -1.88. The van der Waals surface area contributed by atoms with E-state index in [4.69, 9.17) is 15.2 Å². The summed E-state index contributed by atoms with van der Waals surface area (Å²) in [6.45, 7) is 0.570. The van der Waals surface area contributed by atoms with Gasteiger partial charge in [-0.15, -0.1) is 11.8 Å². The highest BCUT2D eigenvalue weighted by molar-refractivity contribution is 7.99. The number of nitrogen functional groups attached to an aromatic ring is 1. The van der Waals surface area contributed by atoms with Crippen molar-refractivity contribution < 1.29 is 9.47 Å². The highest BCUT2D eigenvalue weighted by atomic mass is 32.2. The highest BCUT2D eigenvalue weighted by Crippen LogP contribution is 2.26. The molecule has 0 atom stereocenters. The molecule has 0 saturated carbocycles. The Labute approximate surface area is 116 Å². The number of thioether (sulfide) groups is 1. The van der Waals surface area contributed by atoms with Crippen molar-refractivity contribution >= 4 is 17.4 Å². The van der Waals surface area contributed by atoms with E-state index in [0.717, 1.165) is 22.3 Å². The number of aromatic nitrogens is 1. The summed E-state index contributed by atoms with van der Waals surface area (Å²) in [6.07, 6.45) is 1.74. The number of benzene rings is 1. The van der Waals surface area contributed by atoms with Gasteiger partial charge in [0.25, 0.3) is 0 Å². The van der Waals surface area contributed by atoms with Crippen molar-refractivity contribution in [1.82, 2.24) is 4.98 Å². The average molecular weight is 276 g/mol. The standard InChI is InChI=1S/C14H16N2O2S/c1-17-12-6-2-3-7-13(12)18-9-10-19-14-11(15)5-4-8-16-14/h2-8H,9-10,15H2,1H3. The van der Waals surface area contributed by atoms with Crippen LogP contribution in [0.1, 0.15) is 0 Å². The van der Waals surface area contributed by atoms with Crippen LogP contribution in [-0.4, -0.2) is 24.5 Å². The first kappa shape index (κ1) is 13.5. The third kappa shape index (κ3) is 3.79. The van der Waals surface area contributed by atoms with Gasteiger partial charge in [0.2, 0.25) is 0 Å². The highest BCUT2D eigenvalue weighted by Gasteiger charge is 2.03. The number of hydrogen-bond acceptors (Lipinski definition) is 5. The molecule has 1 aromatic carbocycles. The molecule has 1 aromatic heterocycles. The zero-order valence-electron chi connectivity index (χ0n) is 10.7. The molecule has 0 amide bonds. The van der Waals surface area contributed by atoms with Crippen LogP contribution >= 0.6 is 11.8 Å². The van der Waals surface area contributed by atoms with Crippen LogP contribution in [0.25, 0.3) is 0 Å². The van der Waals surface area contributed by atoms with E-state index in [9.17, 15) is 0 Å². The maximum Gasteiger partial charge on any atom is 0.161 e. The lowest BCUT2D eigenvalue weighted by Crippen LogP contribution is -2.02. The van der Waals surface area contributed by atoms with E-state index in [-0.39, 0.29) is 0 Å². The van der Waals surface area contributed by atoms with E-state index < -0.39 is 0 Å². The lowest BCUT2D eigenvalue weighted by molar-refractivity contribution is 0.313. The van der Waals surface area contributed by atoms with Gasteiger partial charge in [0.05, 0.1) is 19.4 Å². The molecule has 0 unspecified atom stereocenters. The van der Waals surface area contributed by atoms with Crippen molar-refractivity contribution in [3.05, 3.63) is 42.6 Å². The predicted molar refractivity (Wildman–Crippen MR) is 77.9 cm³/mol. The van der Waals surface area contributed by atoms with E-state index in [0.29, 0.717) is 12.3 Å². The zero-order valence-corrected chi connectivity index (χ0v) is 11.5. The number of pyridine rings is 1. The Morgan fingerprint density at radius 3 is 2.68 bits per heavy atom. The number of nitrogens with zero attached hydrogens (tertiary/aromatic N) is 1. The fourth-order valence-corrected chi connectivity index (χ4v) is 2.28. The lowest BCUT2D eigenvalue weighted by Gasteiger charge is -2.10. The Bertz CT molecular complexity index is 534. The van der Waals surface area contributed by atoms with Gasteiger partial charge in [-0.2, -0.15) is 0 Å². The molecule has 0 aliphatic heterocycles. The molecule has 2 N–H and O–H groups in total. The zero-order chi connectivity index (χ0) is 13.5.